The van der Waals surface area contributed by atoms with Crippen LogP contribution in [0, 0.1) is 12.3 Å². The summed E-state index contributed by atoms with van der Waals surface area (Å²) in [5, 5.41) is 3.85. The highest BCUT2D eigenvalue weighted by atomic mass is 35.5. The first kappa shape index (κ1) is 15.9. The summed E-state index contributed by atoms with van der Waals surface area (Å²) < 4.78 is 4.94. The van der Waals surface area contributed by atoms with Gasteiger partial charge in [-0.1, -0.05) is 5.16 Å². The number of hydrogen-bond acceptors (Lipinski definition) is 4. The standard InChI is InChI=1S/C11H19N3O2.ClH/c1-8-5-9(13-16-8)6-14(4)10(15)11(2,3)7-12;/h5H,6-7,12H2,1-4H3;1H. The van der Waals surface area contributed by atoms with Crippen LogP contribution in [0.4, 0.5) is 0 Å². The van der Waals surface area contributed by atoms with Gasteiger partial charge in [0.05, 0.1) is 12.0 Å². The van der Waals surface area contributed by atoms with Crippen LogP contribution in [-0.4, -0.2) is 29.6 Å². The number of hydrogen-bond donors (Lipinski definition) is 1. The summed E-state index contributed by atoms with van der Waals surface area (Å²) >= 11 is 0. The van der Waals surface area contributed by atoms with Crippen molar-refractivity contribution < 1.29 is 9.32 Å². The summed E-state index contributed by atoms with van der Waals surface area (Å²) in [5.74, 6) is 0.754. The maximum Gasteiger partial charge on any atom is 0.229 e. The molecular weight excluding hydrogens is 242 g/mol. The second-order valence-electron chi connectivity index (χ2n) is 4.68. The fraction of sp³-hybridized carbons (Fsp3) is 0.636. The van der Waals surface area contributed by atoms with E-state index in [1.165, 1.54) is 0 Å². The van der Waals surface area contributed by atoms with Crippen molar-refractivity contribution in [1.82, 2.24) is 10.1 Å². The van der Waals surface area contributed by atoms with Gasteiger partial charge < -0.3 is 15.2 Å². The number of aromatic nitrogens is 1. The van der Waals surface area contributed by atoms with Crippen molar-refractivity contribution in [3.05, 3.63) is 17.5 Å². The van der Waals surface area contributed by atoms with Gasteiger partial charge in [0, 0.05) is 19.7 Å². The molecule has 1 aromatic heterocycles. The maximum absolute atomic E-state index is 12.0. The van der Waals surface area contributed by atoms with Crippen LogP contribution in [0.15, 0.2) is 10.6 Å². The van der Waals surface area contributed by atoms with E-state index in [1.807, 2.05) is 26.8 Å². The molecule has 0 atom stereocenters. The smallest absolute Gasteiger partial charge is 0.229 e. The number of rotatable bonds is 4. The Morgan fingerprint density at radius 1 is 1.59 bits per heavy atom. The number of aryl methyl sites for hydroxylation is 1. The molecule has 1 amide bonds. The zero-order chi connectivity index (χ0) is 12.3. The molecule has 0 bridgehead atoms. The van der Waals surface area contributed by atoms with Crippen LogP contribution >= 0.6 is 12.4 Å². The van der Waals surface area contributed by atoms with Crippen molar-refractivity contribution in [3.8, 4) is 0 Å². The molecular formula is C11H20ClN3O2. The van der Waals surface area contributed by atoms with Crippen molar-refractivity contribution in [2.75, 3.05) is 13.6 Å². The van der Waals surface area contributed by atoms with Gasteiger partial charge in [-0.2, -0.15) is 0 Å². The molecule has 0 fully saturated rings. The average Bonchev–Trinajstić information content (AvgIpc) is 2.62. The van der Waals surface area contributed by atoms with Crippen LogP contribution in [0.5, 0.6) is 0 Å². The highest BCUT2D eigenvalue weighted by Crippen LogP contribution is 2.17. The highest BCUT2D eigenvalue weighted by molar-refractivity contribution is 5.85. The Kier molecular flexibility index (Phi) is 5.64. The van der Waals surface area contributed by atoms with Gasteiger partial charge in [0.2, 0.25) is 5.91 Å². The molecule has 17 heavy (non-hydrogen) atoms. The molecule has 0 aliphatic carbocycles. The predicted molar refractivity (Wildman–Crippen MR) is 67.8 cm³/mol. The molecule has 0 unspecified atom stereocenters. The monoisotopic (exact) mass is 261 g/mol. The highest BCUT2D eigenvalue weighted by Gasteiger charge is 2.29. The number of nitrogens with two attached hydrogens (primary N) is 1. The third-order valence-electron chi connectivity index (χ3n) is 2.51. The molecule has 98 valence electrons. The molecule has 0 aliphatic rings. The Labute approximate surface area is 108 Å². The first-order chi connectivity index (χ1) is 7.36. The predicted octanol–water partition coefficient (Wildman–Crippen LogP) is 1.35. The zero-order valence-corrected chi connectivity index (χ0v) is 11.5. The molecule has 0 spiro atoms. The van der Waals surface area contributed by atoms with Gasteiger partial charge in [-0.25, -0.2) is 0 Å². The number of amides is 1. The first-order valence-corrected chi connectivity index (χ1v) is 5.24. The molecule has 0 radical (unpaired) electrons. The molecule has 0 aliphatic heterocycles. The summed E-state index contributed by atoms with van der Waals surface area (Å²) in [7, 11) is 1.74. The number of carbonyl (C=O) groups excluding carboxylic acids is 1. The fourth-order valence-electron chi connectivity index (χ4n) is 1.41. The van der Waals surface area contributed by atoms with Crippen molar-refractivity contribution in [2.45, 2.75) is 27.3 Å². The van der Waals surface area contributed by atoms with E-state index in [-0.39, 0.29) is 18.3 Å². The minimum atomic E-state index is -0.534. The normalized spacial score (nSPS) is 10.9. The average molecular weight is 262 g/mol. The Hall–Kier alpha value is -1.07. The summed E-state index contributed by atoms with van der Waals surface area (Å²) in [5.41, 5.74) is 5.78. The summed E-state index contributed by atoms with van der Waals surface area (Å²) in [6, 6.07) is 1.82. The SMILES string of the molecule is Cc1cc(CN(C)C(=O)C(C)(C)CN)no1.Cl. The van der Waals surface area contributed by atoms with Crippen molar-refractivity contribution in [1.29, 1.82) is 0 Å². The van der Waals surface area contributed by atoms with E-state index in [0.29, 0.717) is 13.1 Å². The van der Waals surface area contributed by atoms with Crippen molar-refractivity contribution >= 4 is 18.3 Å². The minimum absolute atomic E-state index is 0. The summed E-state index contributed by atoms with van der Waals surface area (Å²) in [6.07, 6.45) is 0. The molecule has 6 heteroatoms. The minimum Gasteiger partial charge on any atom is -0.361 e. The van der Waals surface area contributed by atoms with Crippen LogP contribution < -0.4 is 5.73 Å². The molecule has 1 aromatic rings. The van der Waals surface area contributed by atoms with Gasteiger partial charge in [0.15, 0.2) is 0 Å². The fourth-order valence-corrected chi connectivity index (χ4v) is 1.41. The lowest BCUT2D eigenvalue weighted by atomic mass is 9.92. The second-order valence-corrected chi connectivity index (χ2v) is 4.68. The van der Waals surface area contributed by atoms with Crippen molar-refractivity contribution in [3.63, 3.8) is 0 Å². The molecule has 1 heterocycles. The molecule has 1 rings (SSSR count). The molecule has 0 aromatic carbocycles. The van der Waals surface area contributed by atoms with E-state index in [2.05, 4.69) is 5.16 Å². The lowest BCUT2D eigenvalue weighted by Crippen LogP contribution is -2.42. The number of carbonyl (C=O) groups is 1. The van der Waals surface area contributed by atoms with Gasteiger partial charge in [-0.15, -0.1) is 12.4 Å². The number of halogens is 1. The third-order valence-corrected chi connectivity index (χ3v) is 2.51. The van der Waals surface area contributed by atoms with Gasteiger partial charge in [-0.3, -0.25) is 4.79 Å². The molecule has 0 saturated carbocycles. The third kappa shape index (κ3) is 4.02. The summed E-state index contributed by atoms with van der Waals surface area (Å²) in [6.45, 7) is 6.26. The molecule has 5 nitrogen and oxygen atoms in total. The van der Waals surface area contributed by atoms with Crippen LogP contribution in [0.2, 0.25) is 0 Å². The van der Waals surface area contributed by atoms with Gasteiger partial charge in [-0.05, 0) is 20.8 Å². The second kappa shape index (κ2) is 6.02. The van der Waals surface area contributed by atoms with E-state index < -0.39 is 5.41 Å². The van der Waals surface area contributed by atoms with E-state index in [0.717, 1.165) is 11.5 Å². The van der Waals surface area contributed by atoms with E-state index in [4.69, 9.17) is 10.3 Å². The first-order valence-electron chi connectivity index (χ1n) is 5.24. The van der Waals surface area contributed by atoms with Gasteiger partial charge >= 0.3 is 0 Å². The zero-order valence-electron chi connectivity index (χ0n) is 10.7. The quantitative estimate of drug-likeness (QED) is 0.888. The van der Waals surface area contributed by atoms with Crippen molar-refractivity contribution in [2.24, 2.45) is 11.1 Å². The van der Waals surface area contributed by atoms with Crippen LogP contribution in [0.1, 0.15) is 25.3 Å². The largest absolute Gasteiger partial charge is 0.361 e. The topological polar surface area (TPSA) is 72.4 Å². The Morgan fingerprint density at radius 2 is 2.18 bits per heavy atom. The van der Waals surface area contributed by atoms with Gasteiger partial charge in [0.25, 0.3) is 0 Å². The Morgan fingerprint density at radius 3 is 2.59 bits per heavy atom. The number of nitrogens with zero attached hydrogens (tertiary/aromatic N) is 2. The van der Waals surface area contributed by atoms with Crippen LogP contribution in [-0.2, 0) is 11.3 Å². The van der Waals surface area contributed by atoms with E-state index >= 15 is 0 Å². The molecule has 2 N–H and O–H groups in total. The molecule has 0 saturated heterocycles. The van der Waals surface area contributed by atoms with E-state index in [1.54, 1.807) is 11.9 Å². The van der Waals surface area contributed by atoms with E-state index in [9.17, 15) is 4.79 Å². The maximum atomic E-state index is 12.0. The van der Waals surface area contributed by atoms with Crippen LogP contribution in [0.25, 0.3) is 0 Å². The summed E-state index contributed by atoms with van der Waals surface area (Å²) in [4.78, 5) is 13.6. The Balaban J connectivity index is 0.00000256. The van der Waals surface area contributed by atoms with Gasteiger partial charge in [0.1, 0.15) is 11.5 Å². The Bertz CT molecular complexity index is 377. The lowest BCUT2D eigenvalue weighted by Gasteiger charge is -2.27. The lowest BCUT2D eigenvalue weighted by molar-refractivity contribution is -0.139. The van der Waals surface area contributed by atoms with Crippen LogP contribution in [0.3, 0.4) is 0 Å².